The first kappa shape index (κ1) is 14.7. The number of carbonyl (C=O) groups excluding carboxylic acids is 1. The van der Waals surface area contributed by atoms with E-state index in [4.69, 9.17) is 14.2 Å². The van der Waals surface area contributed by atoms with Crippen LogP contribution in [0.15, 0.2) is 18.3 Å². The van der Waals surface area contributed by atoms with Crippen molar-refractivity contribution in [2.24, 2.45) is 0 Å². The number of methoxy groups -OCH3 is 1. The number of pyridine rings is 1. The van der Waals surface area contributed by atoms with E-state index in [0.717, 1.165) is 19.4 Å². The summed E-state index contributed by atoms with van der Waals surface area (Å²) in [7, 11) is 1.60. The van der Waals surface area contributed by atoms with Crippen molar-refractivity contribution in [3.05, 3.63) is 23.9 Å². The van der Waals surface area contributed by atoms with Gasteiger partial charge in [0.25, 0.3) is 5.91 Å². The molecule has 20 heavy (non-hydrogen) atoms. The molecule has 0 spiro atoms. The molecule has 6 nitrogen and oxygen atoms in total. The number of ether oxygens (including phenoxy) is 3. The van der Waals surface area contributed by atoms with E-state index in [2.05, 4.69) is 10.3 Å². The molecule has 1 aliphatic rings. The summed E-state index contributed by atoms with van der Waals surface area (Å²) in [6.07, 6.45) is 3.76. The third-order valence-electron chi connectivity index (χ3n) is 3.05. The van der Waals surface area contributed by atoms with Gasteiger partial charge in [0.15, 0.2) is 0 Å². The normalized spacial score (nSPS) is 17.9. The van der Waals surface area contributed by atoms with Crippen LogP contribution in [-0.2, 0) is 9.47 Å². The zero-order chi connectivity index (χ0) is 14.2. The molecule has 0 aromatic carbocycles. The molecule has 0 aliphatic carbocycles. The van der Waals surface area contributed by atoms with Crippen LogP contribution in [0.1, 0.15) is 23.2 Å². The fourth-order valence-corrected chi connectivity index (χ4v) is 1.97. The highest BCUT2D eigenvalue weighted by Crippen LogP contribution is 2.12. The fraction of sp³-hybridized carbons (Fsp3) is 0.571. The Morgan fingerprint density at radius 3 is 3.20 bits per heavy atom. The molecule has 6 heteroatoms. The van der Waals surface area contributed by atoms with Gasteiger partial charge in [0.05, 0.1) is 12.7 Å². The lowest BCUT2D eigenvalue weighted by molar-refractivity contribution is 0.0857. The van der Waals surface area contributed by atoms with E-state index < -0.39 is 0 Å². The standard InChI is InChI=1S/C14H20N2O4/c1-18-7-8-20-13-9-11(4-5-15-13)14(17)16-10-12-3-2-6-19-12/h4-5,9,12H,2-3,6-8,10H2,1H3,(H,16,17)/t12-/m1/s1. The molecule has 2 rings (SSSR count). The van der Waals surface area contributed by atoms with Crippen molar-refractivity contribution >= 4 is 5.91 Å². The third kappa shape index (κ3) is 4.47. The molecule has 0 saturated carbocycles. The van der Waals surface area contributed by atoms with Gasteiger partial charge < -0.3 is 19.5 Å². The largest absolute Gasteiger partial charge is 0.475 e. The van der Waals surface area contributed by atoms with Gasteiger partial charge in [-0.15, -0.1) is 0 Å². The van der Waals surface area contributed by atoms with Crippen LogP contribution >= 0.6 is 0 Å². The second-order valence-electron chi connectivity index (χ2n) is 4.57. The van der Waals surface area contributed by atoms with Crippen LogP contribution in [-0.4, -0.2) is 50.5 Å². The van der Waals surface area contributed by atoms with Gasteiger partial charge in [0, 0.05) is 38.1 Å². The summed E-state index contributed by atoms with van der Waals surface area (Å²) < 4.78 is 15.7. The van der Waals surface area contributed by atoms with Gasteiger partial charge in [0.2, 0.25) is 5.88 Å². The van der Waals surface area contributed by atoms with E-state index in [1.807, 2.05) is 0 Å². The van der Waals surface area contributed by atoms with E-state index in [1.54, 1.807) is 25.4 Å². The zero-order valence-electron chi connectivity index (χ0n) is 11.6. The Hall–Kier alpha value is -1.66. The molecule has 1 aromatic rings. The van der Waals surface area contributed by atoms with Crippen LogP contribution in [0.3, 0.4) is 0 Å². The molecule has 1 amide bonds. The van der Waals surface area contributed by atoms with Crippen LogP contribution in [0.2, 0.25) is 0 Å². The summed E-state index contributed by atoms with van der Waals surface area (Å²) in [6.45, 7) is 2.22. The molecule has 1 saturated heterocycles. The van der Waals surface area contributed by atoms with E-state index in [-0.39, 0.29) is 12.0 Å². The fourth-order valence-electron chi connectivity index (χ4n) is 1.97. The first-order valence-electron chi connectivity index (χ1n) is 6.77. The molecular weight excluding hydrogens is 260 g/mol. The SMILES string of the molecule is COCCOc1cc(C(=O)NC[C@H]2CCCO2)ccn1. The lowest BCUT2D eigenvalue weighted by Crippen LogP contribution is -2.31. The lowest BCUT2D eigenvalue weighted by atomic mass is 10.2. The maximum Gasteiger partial charge on any atom is 0.251 e. The summed E-state index contributed by atoms with van der Waals surface area (Å²) in [5.41, 5.74) is 0.533. The predicted molar refractivity (Wildman–Crippen MR) is 72.9 cm³/mol. The summed E-state index contributed by atoms with van der Waals surface area (Å²) in [5.74, 6) is 0.284. The predicted octanol–water partition coefficient (Wildman–Crippen LogP) is 1.02. The quantitative estimate of drug-likeness (QED) is 0.755. The van der Waals surface area contributed by atoms with Crippen molar-refractivity contribution in [1.82, 2.24) is 10.3 Å². The van der Waals surface area contributed by atoms with Crippen molar-refractivity contribution in [3.63, 3.8) is 0 Å². The average molecular weight is 280 g/mol. The molecule has 110 valence electrons. The number of amides is 1. The monoisotopic (exact) mass is 280 g/mol. The smallest absolute Gasteiger partial charge is 0.251 e. The molecule has 0 bridgehead atoms. The zero-order valence-corrected chi connectivity index (χ0v) is 11.6. The highest BCUT2D eigenvalue weighted by Gasteiger charge is 2.16. The van der Waals surface area contributed by atoms with Gasteiger partial charge in [-0.1, -0.05) is 0 Å². The Kier molecular flexibility index (Phi) is 5.76. The number of nitrogens with one attached hydrogen (secondary N) is 1. The van der Waals surface area contributed by atoms with Crippen LogP contribution in [0.5, 0.6) is 5.88 Å². The summed E-state index contributed by atoms with van der Waals surface area (Å²) in [5, 5.41) is 2.86. The molecule has 1 aliphatic heterocycles. The van der Waals surface area contributed by atoms with Gasteiger partial charge >= 0.3 is 0 Å². The Morgan fingerprint density at radius 2 is 2.45 bits per heavy atom. The maximum absolute atomic E-state index is 12.0. The topological polar surface area (TPSA) is 69.7 Å². The molecule has 2 heterocycles. The molecule has 0 unspecified atom stereocenters. The average Bonchev–Trinajstić information content (AvgIpc) is 2.99. The second kappa shape index (κ2) is 7.81. The van der Waals surface area contributed by atoms with E-state index in [9.17, 15) is 4.79 Å². The first-order valence-corrected chi connectivity index (χ1v) is 6.77. The number of carbonyl (C=O) groups is 1. The summed E-state index contributed by atoms with van der Waals surface area (Å²) in [4.78, 5) is 16.1. The number of rotatable bonds is 7. The van der Waals surface area contributed by atoms with Gasteiger partial charge in [-0.25, -0.2) is 4.98 Å². The van der Waals surface area contributed by atoms with Gasteiger partial charge in [-0.3, -0.25) is 4.79 Å². The Labute approximate surface area is 118 Å². The second-order valence-corrected chi connectivity index (χ2v) is 4.57. The van der Waals surface area contributed by atoms with E-state index in [0.29, 0.717) is 31.2 Å². The molecule has 1 N–H and O–H groups in total. The van der Waals surface area contributed by atoms with Crippen LogP contribution in [0, 0.1) is 0 Å². The minimum Gasteiger partial charge on any atom is -0.475 e. The van der Waals surface area contributed by atoms with Crippen molar-refractivity contribution in [3.8, 4) is 5.88 Å². The van der Waals surface area contributed by atoms with Gasteiger partial charge in [-0.2, -0.15) is 0 Å². The molecule has 1 fully saturated rings. The Balaban J connectivity index is 1.83. The molecule has 1 aromatic heterocycles. The number of hydrogen-bond acceptors (Lipinski definition) is 5. The molecule has 0 radical (unpaired) electrons. The third-order valence-corrected chi connectivity index (χ3v) is 3.05. The molecule has 1 atom stereocenters. The highest BCUT2D eigenvalue weighted by molar-refractivity contribution is 5.94. The number of nitrogens with zero attached hydrogens (tertiary/aromatic N) is 1. The van der Waals surface area contributed by atoms with Crippen LogP contribution in [0.4, 0.5) is 0 Å². The first-order chi connectivity index (χ1) is 9.79. The highest BCUT2D eigenvalue weighted by atomic mass is 16.5. The Morgan fingerprint density at radius 1 is 1.55 bits per heavy atom. The van der Waals surface area contributed by atoms with Crippen molar-refractivity contribution in [1.29, 1.82) is 0 Å². The number of hydrogen-bond donors (Lipinski definition) is 1. The van der Waals surface area contributed by atoms with E-state index >= 15 is 0 Å². The minimum absolute atomic E-state index is 0.137. The van der Waals surface area contributed by atoms with Gasteiger partial charge in [-0.05, 0) is 18.9 Å². The summed E-state index contributed by atoms with van der Waals surface area (Å²) in [6, 6.07) is 3.29. The van der Waals surface area contributed by atoms with Crippen molar-refractivity contribution in [2.45, 2.75) is 18.9 Å². The lowest BCUT2D eigenvalue weighted by Gasteiger charge is -2.11. The van der Waals surface area contributed by atoms with Crippen LogP contribution < -0.4 is 10.1 Å². The Bertz CT molecular complexity index is 433. The maximum atomic E-state index is 12.0. The van der Waals surface area contributed by atoms with Gasteiger partial charge in [0.1, 0.15) is 6.61 Å². The minimum atomic E-state index is -0.139. The summed E-state index contributed by atoms with van der Waals surface area (Å²) >= 11 is 0. The molecular formula is C14H20N2O4. The van der Waals surface area contributed by atoms with Crippen LogP contribution in [0.25, 0.3) is 0 Å². The van der Waals surface area contributed by atoms with Crippen molar-refractivity contribution in [2.75, 3.05) is 33.5 Å². The van der Waals surface area contributed by atoms with Crippen molar-refractivity contribution < 1.29 is 19.0 Å². The van der Waals surface area contributed by atoms with E-state index in [1.165, 1.54) is 0 Å². The number of aromatic nitrogens is 1.